The maximum absolute atomic E-state index is 12.1. The van der Waals surface area contributed by atoms with Crippen molar-refractivity contribution in [3.05, 3.63) is 57.0 Å². The second kappa shape index (κ2) is 11.4. The highest BCUT2D eigenvalue weighted by Gasteiger charge is 2.14. The van der Waals surface area contributed by atoms with Gasteiger partial charge in [0.25, 0.3) is 5.91 Å². The van der Waals surface area contributed by atoms with Gasteiger partial charge in [0, 0.05) is 10.6 Å². The molecule has 0 aliphatic carbocycles. The number of nitrogens with one attached hydrogen (secondary N) is 1. The first-order valence-electron chi connectivity index (χ1n) is 8.78. The Morgan fingerprint density at radius 2 is 1.86 bits per heavy atom. The molecule has 0 heterocycles. The van der Waals surface area contributed by atoms with E-state index in [1.165, 1.54) is 6.21 Å². The van der Waals surface area contributed by atoms with Gasteiger partial charge < -0.3 is 14.2 Å². The Morgan fingerprint density at radius 3 is 2.52 bits per heavy atom. The highest BCUT2D eigenvalue weighted by molar-refractivity contribution is 9.10. The Labute approximate surface area is 182 Å². The lowest BCUT2D eigenvalue weighted by Gasteiger charge is -2.14. The quantitative estimate of drug-likeness (QED) is 0.328. The highest BCUT2D eigenvalue weighted by Crippen LogP contribution is 2.36. The molecule has 29 heavy (non-hydrogen) atoms. The van der Waals surface area contributed by atoms with E-state index in [0.717, 1.165) is 0 Å². The predicted molar refractivity (Wildman–Crippen MR) is 114 cm³/mol. The van der Waals surface area contributed by atoms with Crippen LogP contribution in [0.15, 0.2) is 46.0 Å². The van der Waals surface area contributed by atoms with Crippen LogP contribution in [0.25, 0.3) is 0 Å². The average molecular weight is 484 g/mol. The van der Waals surface area contributed by atoms with Gasteiger partial charge in [0.2, 0.25) is 0 Å². The molecule has 0 bridgehead atoms. The molecule has 0 atom stereocenters. The van der Waals surface area contributed by atoms with Crippen molar-refractivity contribution in [2.45, 2.75) is 13.8 Å². The van der Waals surface area contributed by atoms with Gasteiger partial charge in [-0.25, -0.2) is 10.2 Å². The molecule has 0 radical (unpaired) electrons. The predicted octanol–water partition coefficient (Wildman–Crippen LogP) is 4.21. The van der Waals surface area contributed by atoms with Crippen molar-refractivity contribution < 1.29 is 23.8 Å². The molecule has 0 unspecified atom stereocenters. The number of rotatable bonds is 9. The number of ether oxygens (including phenoxy) is 3. The van der Waals surface area contributed by atoms with Gasteiger partial charge in [0.1, 0.15) is 0 Å². The topological polar surface area (TPSA) is 86.2 Å². The Hall–Kier alpha value is -2.58. The summed E-state index contributed by atoms with van der Waals surface area (Å²) in [6, 6.07) is 9.87. The van der Waals surface area contributed by atoms with Crippen LogP contribution in [0.2, 0.25) is 5.02 Å². The monoisotopic (exact) mass is 482 g/mol. The minimum atomic E-state index is -0.475. The van der Waals surface area contributed by atoms with Gasteiger partial charge in [-0.05, 0) is 71.7 Å². The van der Waals surface area contributed by atoms with Crippen molar-refractivity contribution in [1.82, 2.24) is 5.43 Å². The third kappa shape index (κ3) is 7.07. The van der Waals surface area contributed by atoms with Crippen molar-refractivity contribution in [3.63, 3.8) is 0 Å². The van der Waals surface area contributed by atoms with Crippen LogP contribution in [-0.4, -0.2) is 37.9 Å². The number of hydrazone groups is 1. The van der Waals surface area contributed by atoms with E-state index in [1.807, 2.05) is 6.92 Å². The molecule has 1 N–H and O–H groups in total. The lowest BCUT2D eigenvalue weighted by Crippen LogP contribution is -2.17. The Balaban J connectivity index is 2.10. The fourth-order valence-corrected chi connectivity index (χ4v) is 2.93. The molecular weight excluding hydrogens is 464 g/mol. The molecule has 9 heteroatoms. The Morgan fingerprint density at radius 1 is 1.14 bits per heavy atom. The number of esters is 1. The van der Waals surface area contributed by atoms with Crippen molar-refractivity contribution in [3.8, 4) is 11.5 Å². The van der Waals surface area contributed by atoms with Gasteiger partial charge in [-0.1, -0.05) is 11.6 Å². The fourth-order valence-electron chi connectivity index (χ4n) is 2.23. The number of carbonyl (C=O) groups is 2. The first-order chi connectivity index (χ1) is 13.9. The summed E-state index contributed by atoms with van der Waals surface area (Å²) in [5, 5.41) is 4.51. The van der Waals surface area contributed by atoms with E-state index in [4.69, 9.17) is 25.8 Å². The van der Waals surface area contributed by atoms with Crippen LogP contribution in [0.1, 0.15) is 29.8 Å². The third-order valence-corrected chi connectivity index (χ3v) is 4.30. The normalized spacial score (nSPS) is 10.6. The smallest absolute Gasteiger partial charge is 0.344 e. The molecule has 2 rings (SSSR count). The number of halogens is 2. The first kappa shape index (κ1) is 22.7. The van der Waals surface area contributed by atoms with Crippen molar-refractivity contribution in [2.24, 2.45) is 5.10 Å². The van der Waals surface area contributed by atoms with Gasteiger partial charge in [0.15, 0.2) is 18.1 Å². The molecule has 2 aromatic rings. The summed E-state index contributed by atoms with van der Waals surface area (Å²) in [7, 11) is 0. The van der Waals surface area contributed by atoms with E-state index in [1.54, 1.807) is 43.3 Å². The molecule has 0 saturated carbocycles. The van der Waals surface area contributed by atoms with Crippen molar-refractivity contribution in [1.29, 1.82) is 0 Å². The summed E-state index contributed by atoms with van der Waals surface area (Å²) < 4.78 is 16.5. The van der Waals surface area contributed by atoms with Crippen LogP contribution in [0.5, 0.6) is 11.5 Å². The number of hydrogen-bond acceptors (Lipinski definition) is 6. The zero-order valence-corrected chi connectivity index (χ0v) is 18.2. The minimum absolute atomic E-state index is 0.239. The largest absolute Gasteiger partial charge is 0.490 e. The van der Waals surface area contributed by atoms with E-state index < -0.39 is 5.97 Å². The van der Waals surface area contributed by atoms with E-state index in [9.17, 15) is 9.59 Å². The third-order valence-electron chi connectivity index (χ3n) is 3.46. The lowest BCUT2D eigenvalue weighted by atomic mass is 10.2. The zero-order valence-electron chi connectivity index (χ0n) is 15.9. The van der Waals surface area contributed by atoms with Crippen LogP contribution in [0.4, 0.5) is 0 Å². The van der Waals surface area contributed by atoms with Crippen LogP contribution in [-0.2, 0) is 9.53 Å². The van der Waals surface area contributed by atoms with E-state index in [2.05, 4.69) is 26.5 Å². The minimum Gasteiger partial charge on any atom is -0.490 e. The fraction of sp³-hybridized carbons (Fsp3) is 0.250. The SMILES string of the molecule is CCOC(=O)COc1c(Br)cc(/C=N\NC(=O)c2ccc(Cl)cc2)cc1OCC. The van der Waals surface area contributed by atoms with Gasteiger partial charge >= 0.3 is 5.97 Å². The lowest BCUT2D eigenvalue weighted by molar-refractivity contribution is -0.145. The number of hydrogen-bond donors (Lipinski definition) is 1. The average Bonchev–Trinajstić information content (AvgIpc) is 2.68. The molecule has 154 valence electrons. The first-order valence-corrected chi connectivity index (χ1v) is 9.95. The molecule has 7 nitrogen and oxygen atoms in total. The molecule has 2 aromatic carbocycles. The highest BCUT2D eigenvalue weighted by atomic mass is 79.9. The van der Waals surface area contributed by atoms with E-state index in [0.29, 0.717) is 38.7 Å². The maximum atomic E-state index is 12.1. The molecule has 0 saturated heterocycles. The maximum Gasteiger partial charge on any atom is 0.344 e. The second-order valence-electron chi connectivity index (χ2n) is 5.56. The van der Waals surface area contributed by atoms with Gasteiger partial charge in [-0.2, -0.15) is 5.10 Å². The summed E-state index contributed by atoms with van der Waals surface area (Å²) in [6.07, 6.45) is 1.47. The van der Waals surface area contributed by atoms with Crippen LogP contribution < -0.4 is 14.9 Å². The molecular formula is C20H20BrClN2O5. The number of nitrogens with zero attached hydrogens (tertiary/aromatic N) is 1. The molecule has 0 aliphatic heterocycles. The molecule has 0 aliphatic rings. The standard InChI is InChI=1S/C20H20BrClN2O5/c1-3-27-17-10-13(9-16(21)19(17)29-12-18(25)28-4-2)11-23-24-20(26)14-5-7-15(22)8-6-14/h5-11H,3-4,12H2,1-2H3,(H,24,26)/b23-11-. The Kier molecular flexibility index (Phi) is 8.95. The van der Waals surface area contributed by atoms with Crippen molar-refractivity contribution in [2.75, 3.05) is 19.8 Å². The molecule has 0 aromatic heterocycles. The van der Waals surface area contributed by atoms with Crippen LogP contribution in [0.3, 0.4) is 0 Å². The van der Waals surface area contributed by atoms with Gasteiger partial charge in [-0.15, -0.1) is 0 Å². The van der Waals surface area contributed by atoms with E-state index >= 15 is 0 Å². The second-order valence-corrected chi connectivity index (χ2v) is 6.85. The number of amides is 1. The van der Waals surface area contributed by atoms with Crippen molar-refractivity contribution >= 4 is 45.6 Å². The molecule has 1 amide bonds. The van der Waals surface area contributed by atoms with E-state index in [-0.39, 0.29) is 19.1 Å². The van der Waals surface area contributed by atoms with Gasteiger partial charge in [0.05, 0.1) is 23.9 Å². The summed E-state index contributed by atoms with van der Waals surface area (Å²) in [5.74, 6) is -0.0345. The Bertz CT molecular complexity index is 887. The number of benzene rings is 2. The summed E-state index contributed by atoms with van der Waals surface area (Å²) in [5.41, 5.74) is 3.53. The van der Waals surface area contributed by atoms with Gasteiger partial charge in [-0.3, -0.25) is 4.79 Å². The van der Waals surface area contributed by atoms with Crippen LogP contribution >= 0.6 is 27.5 Å². The van der Waals surface area contributed by atoms with Crippen LogP contribution in [0, 0.1) is 0 Å². The summed E-state index contributed by atoms with van der Waals surface area (Å²) in [6.45, 7) is 3.99. The zero-order chi connectivity index (χ0) is 21.2. The number of carbonyl (C=O) groups excluding carboxylic acids is 2. The molecule has 0 fully saturated rings. The molecule has 0 spiro atoms. The summed E-state index contributed by atoms with van der Waals surface area (Å²) >= 11 is 9.21. The summed E-state index contributed by atoms with van der Waals surface area (Å²) in [4.78, 5) is 23.6.